The highest BCUT2D eigenvalue weighted by molar-refractivity contribution is 5.87. The molecular weight excluding hydrogens is 548 g/mol. The monoisotopic (exact) mass is 580 g/mol. The lowest BCUT2D eigenvalue weighted by atomic mass is 9.67. The molecule has 2 atom stereocenters. The van der Waals surface area contributed by atoms with Gasteiger partial charge in [-0.2, -0.15) is 0 Å². The molecule has 0 fully saturated rings. The van der Waals surface area contributed by atoms with Crippen molar-refractivity contribution in [2.45, 2.75) is 30.2 Å². The van der Waals surface area contributed by atoms with Crippen molar-refractivity contribution in [2.24, 2.45) is 0 Å². The molecule has 0 spiro atoms. The summed E-state index contributed by atoms with van der Waals surface area (Å²) in [7, 11) is 2.41. The summed E-state index contributed by atoms with van der Waals surface area (Å²) in [5.74, 6) is -2.79. The van der Waals surface area contributed by atoms with Gasteiger partial charge in [-0.1, -0.05) is 103 Å². The van der Waals surface area contributed by atoms with E-state index in [2.05, 4.69) is 5.32 Å². The first kappa shape index (κ1) is 30.6. The van der Waals surface area contributed by atoms with Gasteiger partial charge in [0.2, 0.25) is 5.91 Å². The number of amides is 1. The van der Waals surface area contributed by atoms with Crippen LogP contribution in [0.2, 0.25) is 0 Å². The van der Waals surface area contributed by atoms with Gasteiger partial charge < -0.3 is 14.8 Å². The van der Waals surface area contributed by atoms with Gasteiger partial charge in [-0.05, 0) is 22.3 Å². The van der Waals surface area contributed by atoms with Gasteiger partial charge in [0.1, 0.15) is 6.04 Å². The second-order valence-corrected chi connectivity index (χ2v) is 9.98. The van der Waals surface area contributed by atoms with Crippen LogP contribution in [0, 0.1) is 10.1 Å². The van der Waals surface area contributed by atoms with Crippen LogP contribution in [0.4, 0.5) is 5.69 Å². The molecule has 0 saturated heterocycles. The number of hydrogen-bond acceptors (Lipinski definition) is 7. The summed E-state index contributed by atoms with van der Waals surface area (Å²) >= 11 is 0. The highest BCUT2D eigenvalue weighted by atomic mass is 16.6. The summed E-state index contributed by atoms with van der Waals surface area (Å²) in [6, 6.07) is 33.1. The van der Waals surface area contributed by atoms with E-state index in [1.807, 2.05) is 91.0 Å². The number of hydrogen-bond donors (Lipinski definition) is 1. The zero-order chi connectivity index (χ0) is 30.8. The molecule has 4 rings (SSSR count). The van der Waals surface area contributed by atoms with E-state index in [1.54, 1.807) is 0 Å². The second-order valence-electron chi connectivity index (χ2n) is 9.98. The molecule has 0 heterocycles. The Hall–Kier alpha value is -5.31. The quantitative estimate of drug-likeness (QED) is 0.104. The Balaban J connectivity index is 1.79. The molecule has 0 bridgehead atoms. The highest BCUT2D eigenvalue weighted by Crippen LogP contribution is 2.42. The number of carbonyl (C=O) groups excluding carboxylic acids is 3. The molecule has 0 unspecified atom stereocenters. The van der Waals surface area contributed by atoms with Gasteiger partial charge in [-0.3, -0.25) is 19.7 Å². The van der Waals surface area contributed by atoms with Gasteiger partial charge in [0.15, 0.2) is 0 Å². The number of benzene rings is 4. The van der Waals surface area contributed by atoms with Crippen LogP contribution in [0.25, 0.3) is 0 Å². The van der Waals surface area contributed by atoms with E-state index in [0.717, 1.165) is 16.7 Å². The molecule has 0 radical (unpaired) electrons. The third kappa shape index (κ3) is 6.95. The van der Waals surface area contributed by atoms with Crippen LogP contribution in [0.3, 0.4) is 0 Å². The zero-order valence-electron chi connectivity index (χ0n) is 23.8. The molecule has 0 saturated carbocycles. The van der Waals surface area contributed by atoms with Crippen LogP contribution in [-0.2, 0) is 29.3 Å². The number of nitro groups is 1. The Morgan fingerprint density at radius 3 is 1.60 bits per heavy atom. The fourth-order valence-corrected chi connectivity index (χ4v) is 5.42. The first-order valence-corrected chi connectivity index (χ1v) is 13.6. The maximum absolute atomic E-state index is 14.1. The normalized spacial score (nSPS) is 12.4. The number of non-ortho nitro benzene ring substituents is 1. The number of ether oxygens (including phenoxy) is 2. The van der Waals surface area contributed by atoms with E-state index in [4.69, 9.17) is 9.47 Å². The van der Waals surface area contributed by atoms with Crippen molar-refractivity contribution in [1.82, 2.24) is 5.32 Å². The number of methoxy groups -OCH3 is 2. The molecule has 9 heteroatoms. The van der Waals surface area contributed by atoms with Gasteiger partial charge in [0, 0.05) is 24.5 Å². The van der Waals surface area contributed by atoms with Crippen LogP contribution in [0.1, 0.15) is 41.0 Å². The zero-order valence-corrected chi connectivity index (χ0v) is 23.8. The third-order valence-corrected chi connectivity index (χ3v) is 7.55. The fourth-order valence-electron chi connectivity index (χ4n) is 5.42. The van der Waals surface area contributed by atoms with E-state index in [-0.39, 0.29) is 18.5 Å². The van der Waals surface area contributed by atoms with Crippen molar-refractivity contribution in [3.05, 3.63) is 148 Å². The van der Waals surface area contributed by atoms with Crippen LogP contribution >= 0.6 is 0 Å². The molecule has 9 nitrogen and oxygen atoms in total. The van der Waals surface area contributed by atoms with Crippen molar-refractivity contribution in [2.75, 3.05) is 14.2 Å². The Bertz CT molecular complexity index is 1450. The van der Waals surface area contributed by atoms with Gasteiger partial charge in [-0.15, -0.1) is 0 Å². The summed E-state index contributed by atoms with van der Waals surface area (Å²) < 4.78 is 9.94. The van der Waals surface area contributed by atoms with Crippen molar-refractivity contribution in [3.8, 4) is 0 Å². The lowest BCUT2D eigenvalue weighted by Gasteiger charge is -2.36. The average molecular weight is 581 g/mol. The molecule has 1 amide bonds. The van der Waals surface area contributed by atoms with Crippen molar-refractivity contribution in [1.29, 1.82) is 0 Å². The third-order valence-electron chi connectivity index (χ3n) is 7.55. The van der Waals surface area contributed by atoms with Gasteiger partial charge >= 0.3 is 11.9 Å². The summed E-state index contributed by atoms with van der Waals surface area (Å²) in [4.78, 5) is 50.4. The molecule has 4 aromatic rings. The number of carbonyl (C=O) groups is 3. The average Bonchev–Trinajstić information content (AvgIpc) is 3.06. The van der Waals surface area contributed by atoms with Crippen molar-refractivity contribution < 1.29 is 28.8 Å². The largest absolute Gasteiger partial charge is 0.469 e. The summed E-state index contributed by atoms with van der Waals surface area (Å²) in [5.41, 5.74) is 1.96. The molecule has 0 aliphatic heterocycles. The predicted molar refractivity (Wildman–Crippen MR) is 160 cm³/mol. The second kappa shape index (κ2) is 14.0. The van der Waals surface area contributed by atoms with Crippen LogP contribution in [0.15, 0.2) is 115 Å². The predicted octanol–water partition coefficient (Wildman–Crippen LogP) is 5.32. The molecule has 4 aromatic carbocycles. The van der Waals surface area contributed by atoms with Gasteiger partial charge in [-0.25, -0.2) is 4.79 Å². The number of esters is 2. The Morgan fingerprint density at radius 2 is 1.21 bits per heavy atom. The number of rotatable bonds is 12. The van der Waals surface area contributed by atoms with E-state index in [0.29, 0.717) is 5.56 Å². The van der Waals surface area contributed by atoms with Gasteiger partial charge in [0.25, 0.3) is 5.69 Å². The minimum Gasteiger partial charge on any atom is -0.469 e. The smallest absolute Gasteiger partial charge is 0.329 e. The molecule has 220 valence electrons. The molecule has 0 aromatic heterocycles. The van der Waals surface area contributed by atoms with Gasteiger partial charge in [0.05, 0.1) is 31.0 Å². The lowest BCUT2D eigenvalue weighted by molar-refractivity contribution is -0.384. The molecule has 43 heavy (non-hydrogen) atoms. The first-order chi connectivity index (χ1) is 20.8. The van der Waals surface area contributed by atoms with E-state index >= 15 is 0 Å². The minimum absolute atomic E-state index is 0.0796. The number of nitro benzene ring substituents is 1. The van der Waals surface area contributed by atoms with Crippen LogP contribution < -0.4 is 5.32 Å². The maximum atomic E-state index is 14.1. The summed E-state index contributed by atoms with van der Waals surface area (Å²) in [6.07, 6.45) is -0.362. The summed E-state index contributed by atoms with van der Waals surface area (Å²) in [5, 5.41) is 14.1. The Kier molecular flexibility index (Phi) is 10.0. The molecule has 1 N–H and O–H groups in total. The van der Waals surface area contributed by atoms with E-state index in [9.17, 15) is 24.5 Å². The highest BCUT2D eigenvalue weighted by Gasteiger charge is 2.41. The van der Waals surface area contributed by atoms with Crippen LogP contribution in [0.5, 0.6) is 0 Å². The number of nitrogens with one attached hydrogen (secondary N) is 1. The molecule has 0 aliphatic rings. The van der Waals surface area contributed by atoms with Crippen LogP contribution in [-0.4, -0.2) is 43.0 Å². The van der Waals surface area contributed by atoms with E-state index < -0.39 is 40.1 Å². The molecular formula is C34H32N2O7. The topological polar surface area (TPSA) is 125 Å². The SMILES string of the molecule is COC(=O)C[C@H](c1ccc([N+](=O)[O-])cc1)[C@H](NC(=O)CC(c1ccccc1)(c1ccccc1)c1ccccc1)C(=O)OC. The lowest BCUT2D eigenvalue weighted by Crippen LogP contribution is -2.48. The van der Waals surface area contributed by atoms with E-state index in [1.165, 1.54) is 38.5 Å². The van der Waals surface area contributed by atoms with Crippen molar-refractivity contribution in [3.63, 3.8) is 0 Å². The summed E-state index contributed by atoms with van der Waals surface area (Å²) in [6.45, 7) is 0. The Labute approximate surface area is 249 Å². The Morgan fingerprint density at radius 1 is 0.744 bits per heavy atom. The maximum Gasteiger partial charge on any atom is 0.329 e. The minimum atomic E-state index is -1.29. The van der Waals surface area contributed by atoms with Crippen molar-refractivity contribution >= 4 is 23.5 Å². The first-order valence-electron chi connectivity index (χ1n) is 13.6. The standard InChI is InChI=1S/C34H32N2O7/c1-42-31(38)22-29(24-18-20-28(21-19-24)36(40)41)32(33(39)43-2)35-30(37)23-34(25-12-6-3-7-13-25,26-14-8-4-9-15-26)27-16-10-5-11-17-27/h3-21,29,32H,22-23H2,1-2H3,(H,35,37)/t29-,32+/m1/s1. The fraction of sp³-hybridized carbons (Fsp3) is 0.206. The number of nitrogens with zero attached hydrogens (tertiary/aromatic N) is 1. The molecule has 0 aliphatic carbocycles.